The maximum atomic E-state index is 10.3. The molecule has 0 aliphatic heterocycles. The fourth-order valence-electron chi connectivity index (χ4n) is 2.31. The Morgan fingerprint density at radius 1 is 1.09 bits per heavy atom. The summed E-state index contributed by atoms with van der Waals surface area (Å²) in [7, 11) is 1.61. The first-order chi connectivity index (χ1) is 10.8. The topological polar surface area (TPSA) is 68.4 Å². The van der Waals surface area contributed by atoms with Crippen LogP contribution in [-0.4, -0.2) is 22.5 Å². The van der Waals surface area contributed by atoms with Gasteiger partial charge in [-0.25, -0.2) is 4.63 Å². The summed E-state index contributed by atoms with van der Waals surface area (Å²) in [6.07, 6.45) is -0.322. The van der Waals surface area contributed by atoms with Gasteiger partial charge in [-0.1, -0.05) is 47.6 Å². The summed E-state index contributed by atoms with van der Waals surface area (Å²) in [5.74, 6) is 0.732. The van der Waals surface area contributed by atoms with E-state index in [9.17, 15) is 5.11 Å². The minimum absolute atomic E-state index is 0.333. The van der Waals surface area contributed by atoms with Crippen LogP contribution in [0, 0.1) is 0 Å². The van der Waals surface area contributed by atoms with Crippen molar-refractivity contribution in [2.45, 2.75) is 12.5 Å². The first-order valence-electron chi connectivity index (χ1n) is 6.97. The van der Waals surface area contributed by atoms with Gasteiger partial charge >= 0.3 is 0 Å². The first kappa shape index (κ1) is 14.3. The predicted molar refractivity (Wildman–Crippen MR) is 81.4 cm³/mol. The van der Waals surface area contributed by atoms with Gasteiger partial charge in [-0.3, -0.25) is 0 Å². The summed E-state index contributed by atoms with van der Waals surface area (Å²) in [4.78, 5) is 0. The molecule has 22 heavy (non-hydrogen) atoms. The molecule has 5 heteroatoms. The van der Waals surface area contributed by atoms with E-state index in [0.717, 1.165) is 16.9 Å². The summed E-state index contributed by atoms with van der Waals surface area (Å²) in [6, 6.07) is 16.9. The van der Waals surface area contributed by atoms with Crippen LogP contribution in [0.2, 0.25) is 0 Å². The van der Waals surface area contributed by atoms with Gasteiger partial charge in [0.15, 0.2) is 0 Å². The molecule has 0 spiro atoms. The number of methoxy groups -OCH3 is 1. The molecule has 1 atom stereocenters. The normalized spacial score (nSPS) is 12.1. The third-order valence-electron chi connectivity index (χ3n) is 3.47. The van der Waals surface area contributed by atoms with Gasteiger partial charge < -0.3 is 9.84 Å². The van der Waals surface area contributed by atoms with Gasteiger partial charge in [0.2, 0.25) is 0 Å². The molecule has 1 unspecified atom stereocenters. The molecule has 0 saturated carbocycles. The molecule has 0 saturated heterocycles. The number of aliphatic hydroxyl groups excluding tert-OH is 1. The molecule has 0 aliphatic carbocycles. The maximum Gasteiger partial charge on any atom is 0.138 e. The molecule has 1 N–H and O–H groups in total. The quantitative estimate of drug-likeness (QED) is 0.783. The minimum atomic E-state index is -0.655. The largest absolute Gasteiger partial charge is 0.497 e. The lowest BCUT2D eigenvalue weighted by Gasteiger charge is -2.09. The van der Waals surface area contributed by atoms with Gasteiger partial charge in [-0.05, 0) is 22.9 Å². The molecule has 2 aromatic carbocycles. The molecule has 0 fully saturated rings. The lowest BCUT2D eigenvalue weighted by Crippen LogP contribution is -2.03. The molecular formula is C17H16N2O3. The Kier molecular flexibility index (Phi) is 4.16. The fourth-order valence-corrected chi connectivity index (χ4v) is 2.31. The van der Waals surface area contributed by atoms with E-state index < -0.39 is 6.10 Å². The molecule has 0 aliphatic rings. The van der Waals surface area contributed by atoms with E-state index in [1.165, 1.54) is 0 Å². The number of aromatic nitrogens is 2. The van der Waals surface area contributed by atoms with Gasteiger partial charge in [-0.2, -0.15) is 0 Å². The molecule has 1 aromatic heterocycles. The average Bonchev–Trinajstić information content (AvgIpc) is 3.04. The number of nitrogens with zero attached hydrogens (tertiary/aromatic N) is 2. The zero-order valence-electron chi connectivity index (χ0n) is 12.1. The summed E-state index contributed by atoms with van der Waals surface area (Å²) in [6.45, 7) is 0. The number of benzene rings is 2. The van der Waals surface area contributed by atoms with Crippen LogP contribution < -0.4 is 4.74 Å². The van der Waals surface area contributed by atoms with Crippen LogP contribution in [0.1, 0.15) is 17.4 Å². The zero-order chi connectivity index (χ0) is 15.4. The molecule has 3 aromatic rings. The Morgan fingerprint density at radius 3 is 2.68 bits per heavy atom. The van der Waals surface area contributed by atoms with Crippen LogP contribution in [-0.2, 0) is 6.42 Å². The van der Waals surface area contributed by atoms with Gasteiger partial charge in [-0.15, -0.1) is 0 Å². The lowest BCUT2D eigenvalue weighted by molar-refractivity contribution is 0.175. The minimum Gasteiger partial charge on any atom is -0.497 e. The van der Waals surface area contributed by atoms with Gasteiger partial charge in [0.25, 0.3) is 0 Å². The van der Waals surface area contributed by atoms with E-state index in [0.29, 0.717) is 17.8 Å². The Labute approximate surface area is 128 Å². The summed E-state index contributed by atoms with van der Waals surface area (Å²) in [5, 5.41) is 18.2. The highest BCUT2D eigenvalue weighted by atomic mass is 16.6. The van der Waals surface area contributed by atoms with Crippen molar-refractivity contribution >= 4 is 0 Å². The number of rotatable bonds is 5. The zero-order valence-corrected chi connectivity index (χ0v) is 12.1. The second-order valence-corrected chi connectivity index (χ2v) is 4.92. The lowest BCUT2D eigenvalue weighted by atomic mass is 10.0. The molecule has 0 bridgehead atoms. The van der Waals surface area contributed by atoms with Gasteiger partial charge in [0.1, 0.15) is 17.1 Å². The average molecular weight is 296 g/mol. The van der Waals surface area contributed by atoms with E-state index in [-0.39, 0.29) is 0 Å². The van der Waals surface area contributed by atoms with E-state index >= 15 is 0 Å². The van der Waals surface area contributed by atoms with Crippen LogP contribution >= 0.6 is 0 Å². The van der Waals surface area contributed by atoms with Gasteiger partial charge in [0, 0.05) is 12.0 Å². The monoisotopic (exact) mass is 296 g/mol. The van der Waals surface area contributed by atoms with Crippen molar-refractivity contribution in [3.63, 3.8) is 0 Å². The smallest absolute Gasteiger partial charge is 0.138 e. The van der Waals surface area contributed by atoms with Crippen molar-refractivity contribution in [2.24, 2.45) is 0 Å². The maximum absolute atomic E-state index is 10.3. The Bertz CT molecular complexity index is 740. The summed E-state index contributed by atoms with van der Waals surface area (Å²) >= 11 is 0. The van der Waals surface area contributed by atoms with Crippen molar-refractivity contribution in [1.82, 2.24) is 10.3 Å². The van der Waals surface area contributed by atoms with Crippen LogP contribution in [0.15, 0.2) is 59.2 Å². The van der Waals surface area contributed by atoms with Crippen molar-refractivity contribution in [2.75, 3.05) is 7.11 Å². The number of aliphatic hydroxyl groups is 1. The van der Waals surface area contributed by atoms with Crippen molar-refractivity contribution in [3.05, 3.63) is 65.9 Å². The molecule has 112 valence electrons. The molecule has 1 heterocycles. The standard InChI is InChI=1S/C17H16N2O3/c1-21-14-9-5-8-13(10-14)17-15(18-22-19-17)11-16(20)12-6-3-2-4-7-12/h2-10,16,20H,11H2,1H3. The van der Waals surface area contributed by atoms with Crippen molar-refractivity contribution in [1.29, 1.82) is 0 Å². The first-order valence-corrected chi connectivity index (χ1v) is 6.97. The van der Waals surface area contributed by atoms with Crippen LogP contribution in [0.25, 0.3) is 11.3 Å². The van der Waals surface area contributed by atoms with Crippen molar-refractivity contribution < 1.29 is 14.5 Å². The van der Waals surface area contributed by atoms with E-state index in [2.05, 4.69) is 10.3 Å². The summed E-state index contributed by atoms with van der Waals surface area (Å²) < 4.78 is 10.1. The second-order valence-electron chi connectivity index (χ2n) is 4.92. The van der Waals surface area contributed by atoms with E-state index in [1.807, 2.05) is 54.6 Å². The molecular weight excluding hydrogens is 280 g/mol. The molecule has 3 rings (SSSR count). The van der Waals surface area contributed by atoms with Crippen LogP contribution in [0.3, 0.4) is 0 Å². The number of hydrogen-bond donors (Lipinski definition) is 1. The second kappa shape index (κ2) is 6.41. The molecule has 5 nitrogen and oxygen atoms in total. The highest BCUT2D eigenvalue weighted by molar-refractivity contribution is 5.62. The Balaban J connectivity index is 1.86. The SMILES string of the molecule is COc1cccc(-c2nonc2CC(O)c2ccccc2)c1. The third-order valence-corrected chi connectivity index (χ3v) is 3.47. The highest BCUT2D eigenvalue weighted by Gasteiger charge is 2.17. The molecule has 0 amide bonds. The Morgan fingerprint density at radius 2 is 1.91 bits per heavy atom. The third kappa shape index (κ3) is 2.99. The highest BCUT2D eigenvalue weighted by Crippen LogP contribution is 2.27. The van der Waals surface area contributed by atoms with E-state index in [4.69, 9.17) is 9.37 Å². The van der Waals surface area contributed by atoms with Crippen molar-refractivity contribution in [3.8, 4) is 17.0 Å². The van der Waals surface area contributed by atoms with Crippen LogP contribution in [0.5, 0.6) is 5.75 Å². The fraction of sp³-hybridized carbons (Fsp3) is 0.176. The summed E-state index contributed by atoms with van der Waals surface area (Å²) in [5.41, 5.74) is 2.91. The predicted octanol–water partition coefficient (Wildman–Crippen LogP) is 3.02. The number of hydrogen-bond acceptors (Lipinski definition) is 5. The van der Waals surface area contributed by atoms with Gasteiger partial charge in [0.05, 0.1) is 13.2 Å². The Hall–Kier alpha value is -2.66. The van der Waals surface area contributed by atoms with E-state index in [1.54, 1.807) is 7.11 Å². The van der Waals surface area contributed by atoms with Crippen LogP contribution in [0.4, 0.5) is 0 Å². The number of ether oxygens (including phenoxy) is 1. The molecule has 0 radical (unpaired) electrons.